The molecule has 7 nitrogen and oxygen atoms in total. The first-order valence-corrected chi connectivity index (χ1v) is 8.53. The predicted octanol–water partition coefficient (Wildman–Crippen LogP) is 1.09. The smallest absolute Gasteiger partial charge is 0.260 e. The number of fused-ring (bicyclic) bond motifs is 1. The van der Waals surface area contributed by atoms with Crippen LogP contribution in [-0.4, -0.2) is 24.3 Å². The van der Waals surface area contributed by atoms with Crippen LogP contribution in [0.4, 0.5) is 5.82 Å². The topological polar surface area (TPSA) is 102 Å². The molecule has 4 N–H and O–H groups in total. The Kier molecular flexibility index (Phi) is 3.83. The molecule has 1 fully saturated rings. The summed E-state index contributed by atoms with van der Waals surface area (Å²) in [6.45, 7) is 0.433. The second-order valence-electron chi connectivity index (χ2n) is 5.32. The van der Waals surface area contributed by atoms with Crippen molar-refractivity contribution in [2.75, 3.05) is 12.0 Å². The summed E-state index contributed by atoms with van der Waals surface area (Å²) in [5.74, 6) is 6.34. The number of nitrogen functional groups attached to an aromatic ring is 1. The summed E-state index contributed by atoms with van der Waals surface area (Å²) in [5, 5.41) is 0.0482. The summed E-state index contributed by atoms with van der Waals surface area (Å²) in [4.78, 5) is 4.17. The van der Waals surface area contributed by atoms with Crippen molar-refractivity contribution in [3.8, 4) is 0 Å². The number of hydrogen-bond donors (Lipinski definition) is 3. The number of pyridine rings is 1. The number of nitrogens with two attached hydrogens (primary N) is 1. The van der Waals surface area contributed by atoms with Crippen molar-refractivity contribution >= 4 is 21.5 Å². The number of anilines is 1. The Morgan fingerprint density at radius 1 is 1.38 bits per heavy atom. The van der Waals surface area contributed by atoms with Crippen LogP contribution in [0.1, 0.15) is 25.7 Å². The van der Waals surface area contributed by atoms with Crippen molar-refractivity contribution in [3.63, 3.8) is 0 Å². The molecule has 114 valence electrons. The minimum absolute atomic E-state index is 0.0482. The van der Waals surface area contributed by atoms with Gasteiger partial charge in [-0.05, 0) is 30.9 Å². The molecule has 2 heterocycles. The fourth-order valence-electron chi connectivity index (χ4n) is 2.40. The molecule has 3 rings (SSSR count). The highest BCUT2D eigenvalue weighted by Gasteiger charge is 2.25. The molecular formula is C13H19N5O2S. The molecule has 0 bridgehead atoms. The summed E-state index contributed by atoms with van der Waals surface area (Å²) in [5.41, 5.74) is 2.89. The monoisotopic (exact) mass is 309 g/mol. The molecule has 0 aliphatic heterocycles. The summed E-state index contributed by atoms with van der Waals surface area (Å²) in [6.07, 6.45) is 6.15. The second kappa shape index (κ2) is 5.63. The van der Waals surface area contributed by atoms with Gasteiger partial charge in [-0.25, -0.2) is 24.0 Å². The Hall–Kier alpha value is -1.64. The number of aromatic nitrogens is 2. The van der Waals surface area contributed by atoms with Crippen LogP contribution >= 0.6 is 0 Å². The van der Waals surface area contributed by atoms with Gasteiger partial charge in [-0.15, -0.1) is 0 Å². The van der Waals surface area contributed by atoms with E-state index in [-0.39, 0.29) is 10.8 Å². The van der Waals surface area contributed by atoms with E-state index in [1.807, 2.05) is 0 Å². The van der Waals surface area contributed by atoms with Crippen LogP contribution in [0.25, 0.3) is 5.65 Å². The highest BCUT2D eigenvalue weighted by molar-refractivity contribution is 7.89. The first-order valence-electron chi connectivity index (χ1n) is 7.05. The van der Waals surface area contributed by atoms with E-state index in [9.17, 15) is 8.42 Å². The minimum Gasteiger partial charge on any atom is -0.306 e. The van der Waals surface area contributed by atoms with Crippen LogP contribution in [0.5, 0.6) is 0 Å². The van der Waals surface area contributed by atoms with Crippen LogP contribution in [0.2, 0.25) is 0 Å². The average Bonchev–Trinajstić information content (AvgIpc) is 3.21. The fourth-order valence-corrected chi connectivity index (χ4v) is 3.72. The van der Waals surface area contributed by atoms with Crippen LogP contribution in [0.3, 0.4) is 0 Å². The minimum atomic E-state index is -3.66. The van der Waals surface area contributed by atoms with E-state index >= 15 is 0 Å². The second-order valence-corrected chi connectivity index (χ2v) is 7.00. The van der Waals surface area contributed by atoms with Crippen molar-refractivity contribution in [1.29, 1.82) is 0 Å². The normalized spacial score (nSPS) is 15.5. The third-order valence-electron chi connectivity index (χ3n) is 3.66. The van der Waals surface area contributed by atoms with Crippen molar-refractivity contribution in [2.45, 2.75) is 30.7 Å². The van der Waals surface area contributed by atoms with E-state index in [2.05, 4.69) is 15.1 Å². The zero-order valence-corrected chi connectivity index (χ0v) is 12.4. The standard InChI is InChI=1S/C13H19N5O2S/c14-17-12-13(18-9-2-1-5-11(18)16-12)21(19,20)15-8-3-4-10-6-7-10/h1-2,5,9-10,15,17H,3-4,6-8,14H2. The van der Waals surface area contributed by atoms with Gasteiger partial charge in [0.25, 0.3) is 10.0 Å². The summed E-state index contributed by atoms with van der Waals surface area (Å²) >= 11 is 0. The van der Waals surface area contributed by atoms with E-state index < -0.39 is 10.0 Å². The lowest BCUT2D eigenvalue weighted by molar-refractivity contribution is 0.568. The summed E-state index contributed by atoms with van der Waals surface area (Å²) in [7, 11) is -3.66. The van der Waals surface area contributed by atoms with E-state index in [1.54, 1.807) is 24.4 Å². The highest BCUT2D eigenvalue weighted by Crippen LogP contribution is 2.33. The average molecular weight is 309 g/mol. The molecule has 0 atom stereocenters. The molecule has 0 saturated heterocycles. The molecule has 0 radical (unpaired) electrons. The summed E-state index contributed by atoms with van der Waals surface area (Å²) in [6, 6.07) is 5.27. The van der Waals surface area contributed by atoms with Crippen LogP contribution in [0, 0.1) is 5.92 Å². The number of rotatable bonds is 7. The maximum Gasteiger partial charge on any atom is 0.260 e. The van der Waals surface area contributed by atoms with Gasteiger partial charge in [-0.2, -0.15) is 0 Å². The molecular weight excluding hydrogens is 290 g/mol. The molecule has 0 spiro atoms. The van der Waals surface area contributed by atoms with Crippen molar-refractivity contribution in [2.24, 2.45) is 11.8 Å². The zero-order chi connectivity index (χ0) is 14.9. The van der Waals surface area contributed by atoms with Crippen LogP contribution < -0.4 is 16.0 Å². The predicted molar refractivity (Wildman–Crippen MR) is 80.1 cm³/mol. The zero-order valence-electron chi connectivity index (χ0n) is 11.6. The molecule has 0 amide bonds. The first-order chi connectivity index (χ1) is 10.1. The van der Waals surface area contributed by atoms with E-state index in [0.717, 1.165) is 18.8 Å². The van der Waals surface area contributed by atoms with Gasteiger partial charge in [0.15, 0.2) is 10.8 Å². The Morgan fingerprint density at radius 2 is 2.19 bits per heavy atom. The van der Waals surface area contributed by atoms with Gasteiger partial charge in [0.1, 0.15) is 5.65 Å². The molecule has 2 aromatic heterocycles. The van der Waals surface area contributed by atoms with E-state index in [4.69, 9.17) is 5.84 Å². The molecule has 21 heavy (non-hydrogen) atoms. The number of hydrogen-bond acceptors (Lipinski definition) is 5. The van der Waals surface area contributed by atoms with Gasteiger partial charge >= 0.3 is 0 Å². The number of nitrogens with one attached hydrogen (secondary N) is 2. The molecule has 1 saturated carbocycles. The van der Waals surface area contributed by atoms with Gasteiger partial charge in [0, 0.05) is 12.7 Å². The quantitative estimate of drug-likeness (QED) is 0.404. The van der Waals surface area contributed by atoms with E-state index in [1.165, 1.54) is 17.2 Å². The molecule has 8 heteroatoms. The molecule has 0 unspecified atom stereocenters. The lowest BCUT2D eigenvalue weighted by Gasteiger charge is -2.08. The summed E-state index contributed by atoms with van der Waals surface area (Å²) < 4.78 is 29.1. The fraction of sp³-hybridized carbons (Fsp3) is 0.462. The Labute approximate surface area is 123 Å². The highest BCUT2D eigenvalue weighted by atomic mass is 32.2. The largest absolute Gasteiger partial charge is 0.306 e. The number of sulfonamides is 1. The Bertz CT molecular complexity index is 736. The molecule has 1 aliphatic carbocycles. The number of imidazole rings is 1. The Balaban J connectivity index is 1.82. The van der Waals surface area contributed by atoms with Crippen LogP contribution in [0.15, 0.2) is 29.4 Å². The lowest BCUT2D eigenvalue weighted by atomic mass is 10.2. The van der Waals surface area contributed by atoms with Gasteiger partial charge < -0.3 is 5.43 Å². The molecule has 0 aromatic carbocycles. The van der Waals surface area contributed by atoms with Crippen molar-refractivity contribution in [3.05, 3.63) is 24.4 Å². The first kappa shape index (κ1) is 14.3. The number of nitrogens with zero attached hydrogens (tertiary/aromatic N) is 2. The third kappa shape index (κ3) is 3.02. The van der Waals surface area contributed by atoms with Crippen molar-refractivity contribution < 1.29 is 8.42 Å². The van der Waals surface area contributed by atoms with Gasteiger partial charge in [-0.3, -0.25) is 4.40 Å². The Morgan fingerprint density at radius 3 is 2.90 bits per heavy atom. The third-order valence-corrected chi connectivity index (χ3v) is 5.14. The number of hydrazine groups is 1. The maximum absolute atomic E-state index is 12.5. The molecule has 2 aromatic rings. The molecule has 1 aliphatic rings. The van der Waals surface area contributed by atoms with Gasteiger partial charge in [0.2, 0.25) is 0 Å². The van der Waals surface area contributed by atoms with Gasteiger partial charge in [0.05, 0.1) is 0 Å². The lowest BCUT2D eigenvalue weighted by Crippen LogP contribution is -2.27. The maximum atomic E-state index is 12.5. The SMILES string of the molecule is NNc1nc2ccccn2c1S(=O)(=O)NCCCC1CC1. The van der Waals surface area contributed by atoms with Gasteiger partial charge in [-0.1, -0.05) is 18.9 Å². The van der Waals surface area contributed by atoms with Crippen molar-refractivity contribution in [1.82, 2.24) is 14.1 Å². The van der Waals surface area contributed by atoms with Crippen LogP contribution in [-0.2, 0) is 10.0 Å². The van der Waals surface area contributed by atoms with E-state index in [0.29, 0.717) is 12.2 Å².